The topological polar surface area (TPSA) is 76.1 Å². The Morgan fingerprint density at radius 2 is 1.82 bits per heavy atom. The molecule has 3 aliphatic rings. The molecule has 2 saturated carbocycles. The maximum absolute atomic E-state index is 13.2. The van der Waals surface area contributed by atoms with Crippen LogP contribution in [0.5, 0.6) is 0 Å². The molecule has 0 aromatic heterocycles. The first kappa shape index (κ1) is 27.4. The number of hydrogen-bond acceptors (Lipinski definition) is 6. The number of carbonyl (C=O) groups is 2. The number of fused-ring (bicyclic) bond motifs is 1. The van der Waals surface area contributed by atoms with Crippen molar-refractivity contribution in [1.29, 1.82) is 0 Å². The van der Waals surface area contributed by atoms with Gasteiger partial charge < -0.3 is 19.5 Å². The molecule has 3 fully saturated rings. The highest BCUT2D eigenvalue weighted by molar-refractivity contribution is 5.76. The van der Waals surface area contributed by atoms with Crippen molar-refractivity contribution >= 4 is 11.9 Å². The number of rotatable bonds is 9. The SMILES string of the molecule is CCN(CC)[C@H]1C[C@@H]2CC[C@H](C)[C@H](CC[C@H]3C[C@@H](O)CC(=O)O3)[C@H]2[C@@H](OC(=O)C(C)(C)CC)C1. The minimum absolute atomic E-state index is 0.0603. The minimum atomic E-state index is -0.586. The number of ether oxygens (including phenoxy) is 2. The van der Waals surface area contributed by atoms with E-state index >= 15 is 0 Å². The average molecular weight is 480 g/mol. The van der Waals surface area contributed by atoms with Crippen molar-refractivity contribution < 1.29 is 24.2 Å². The fourth-order valence-electron chi connectivity index (χ4n) is 6.84. The summed E-state index contributed by atoms with van der Waals surface area (Å²) in [4.78, 5) is 27.6. The van der Waals surface area contributed by atoms with E-state index in [2.05, 4.69) is 32.6 Å². The number of nitrogens with zero attached hydrogens (tertiary/aromatic N) is 1. The van der Waals surface area contributed by atoms with Crippen LogP contribution in [0, 0.1) is 29.1 Å². The van der Waals surface area contributed by atoms with Gasteiger partial charge in [0.05, 0.1) is 17.9 Å². The zero-order valence-electron chi connectivity index (χ0n) is 22.4. The van der Waals surface area contributed by atoms with E-state index in [-0.39, 0.29) is 30.6 Å². The summed E-state index contributed by atoms with van der Waals surface area (Å²) in [6.07, 6.45) is 6.78. The third-order valence-electron chi connectivity index (χ3n) is 9.35. The Hall–Kier alpha value is -1.14. The summed E-state index contributed by atoms with van der Waals surface area (Å²) in [7, 11) is 0. The van der Waals surface area contributed by atoms with Gasteiger partial charge in [-0.3, -0.25) is 9.59 Å². The minimum Gasteiger partial charge on any atom is -0.462 e. The molecule has 34 heavy (non-hydrogen) atoms. The maximum atomic E-state index is 13.2. The molecule has 1 heterocycles. The largest absolute Gasteiger partial charge is 0.462 e. The zero-order valence-corrected chi connectivity index (χ0v) is 22.4. The monoisotopic (exact) mass is 479 g/mol. The van der Waals surface area contributed by atoms with E-state index < -0.39 is 11.5 Å². The Morgan fingerprint density at radius 1 is 1.12 bits per heavy atom. The van der Waals surface area contributed by atoms with E-state index in [1.807, 2.05) is 13.8 Å². The second kappa shape index (κ2) is 11.7. The first-order chi connectivity index (χ1) is 16.1. The molecule has 1 saturated heterocycles. The van der Waals surface area contributed by atoms with Gasteiger partial charge in [0.15, 0.2) is 0 Å². The number of cyclic esters (lactones) is 1. The number of aliphatic hydroxyl groups is 1. The summed E-state index contributed by atoms with van der Waals surface area (Å²) in [6.45, 7) is 14.9. The van der Waals surface area contributed by atoms with Crippen LogP contribution in [0.2, 0.25) is 0 Å². The molecule has 8 atom stereocenters. The highest BCUT2D eigenvalue weighted by atomic mass is 16.6. The summed E-state index contributed by atoms with van der Waals surface area (Å²) >= 11 is 0. The van der Waals surface area contributed by atoms with Crippen LogP contribution in [-0.2, 0) is 19.1 Å². The summed E-state index contributed by atoms with van der Waals surface area (Å²) < 4.78 is 12.0. The normalized spacial score (nSPS) is 36.6. The number of esters is 2. The maximum Gasteiger partial charge on any atom is 0.311 e. The van der Waals surface area contributed by atoms with Gasteiger partial charge in [-0.15, -0.1) is 0 Å². The molecule has 6 heteroatoms. The molecule has 6 nitrogen and oxygen atoms in total. The lowest BCUT2D eigenvalue weighted by molar-refractivity contribution is -0.175. The lowest BCUT2D eigenvalue weighted by Crippen LogP contribution is -2.53. The molecule has 196 valence electrons. The van der Waals surface area contributed by atoms with Crippen molar-refractivity contribution in [2.45, 2.75) is 124 Å². The molecular formula is C28H49NO5. The lowest BCUT2D eigenvalue weighted by atomic mass is 9.58. The van der Waals surface area contributed by atoms with Gasteiger partial charge in [-0.05, 0) is 76.8 Å². The van der Waals surface area contributed by atoms with Crippen molar-refractivity contribution in [2.75, 3.05) is 13.1 Å². The quantitative estimate of drug-likeness (QED) is 0.471. The van der Waals surface area contributed by atoms with Crippen LogP contribution in [0.25, 0.3) is 0 Å². The Kier molecular flexibility index (Phi) is 9.47. The molecule has 0 amide bonds. The van der Waals surface area contributed by atoms with Crippen LogP contribution in [0.15, 0.2) is 0 Å². The molecule has 0 aromatic carbocycles. The summed E-state index contributed by atoms with van der Waals surface area (Å²) in [5.41, 5.74) is -0.472. The molecule has 2 aliphatic carbocycles. The van der Waals surface area contributed by atoms with Crippen LogP contribution in [0.4, 0.5) is 0 Å². The second-order valence-corrected chi connectivity index (χ2v) is 11.9. The highest BCUT2D eigenvalue weighted by Gasteiger charge is 2.49. The van der Waals surface area contributed by atoms with E-state index in [1.54, 1.807) is 0 Å². The average Bonchev–Trinajstić information content (AvgIpc) is 2.78. The van der Waals surface area contributed by atoms with Gasteiger partial charge in [0.25, 0.3) is 0 Å². The molecule has 3 rings (SSSR count). The van der Waals surface area contributed by atoms with Crippen molar-refractivity contribution in [1.82, 2.24) is 4.90 Å². The predicted molar refractivity (Wildman–Crippen MR) is 133 cm³/mol. The Labute approximate surface area is 207 Å². The molecule has 0 unspecified atom stereocenters. The van der Waals surface area contributed by atoms with Gasteiger partial charge in [0.1, 0.15) is 12.2 Å². The Morgan fingerprint density at radius 3 is 2.44 bits per heavy atom. The molecule has 0 aromatic rings. The van der Waals surface area contributed by atoms with Crippen molar-refractivity contribution in [2.24, 2.45) is 29.1 Å². The standard InChI is InChI=1S/C28H49NO5/c1-7-28(5,6)27(32)34-24-15-20(29(8-2)9-3)14-19-11-10-18(4)23(26(19)24)13-12-22-16-21(30)17-25(31)33-22/h18-24,26,30H,7-17H2,1-6H3/t18-,19-,20-,21+,22-,23-,24-,26-/m0/s1. The van der Waals surface area contributed by atoms with Crippen molar-refractivity contribution in [3.05, 3.63) is 0 Å². The van der Waals surface area contributed by atoms with E-state index in [0.29, 0.717) is 36.1 Å². The van der Waals surface area contributed by atoms with E-state index in [4.69, 9.17) is 9.47 Å². The third kappa shape index (κ3) is 6.34. The molecule has 1 aliphatic heterocycles. The number of carbonyl (C=O) groups excluding carboxylic acids is 2. The Balaban J connectivity index is 1.80. The fraction of sp³-hybridized carbons (Fsp3) is 0.929. The van der Waals surface area contributed by atoms with E-state index in [0.717, 1.165) is 38.8 Å². The lowest BCUT2D eigenvalue weighted by Gasteiger charge is -2.52. The molecule has 0 radical (unpaired) electrons. The third-order valence-corrected chi connectivity index (χ3v) is 9.35. The van der Waals surface area contributed by atoms with E-state index in [9.17, 15) is 14.7 Å². The summed E-state index contributed by atoms with van der Waals surface area (Å²) in [5.74, 6) is 1.55. The smallest absolute Gasteiger partial charge is 0.311 e. The first-order valence-corrected chi connectivity index (χ1v) is 13.9. The van der Waals surface area contributed by atoms with Crippen molar-refractivity contribution in [3.8, 4) is 0 Å². The zero-order chi connectivity index (χ0) is 25.0. The summed E-state index contributed by atoms with van der Waals surface area (Å²) in [6, 6.07) is 0.460. The first-order valence-electron chi connectivity index (χ1n) is 13.9. The fourth-order valence-corrected chi connectivity index (χ4v) is 6.84. The highest BCUT2D eigenvalue weighted by Crippen LogP contribution is 2.50. The van der Waals surface area contributed by atoms with Crippen LogP contribution >= 0.6 is 0 Å². The number of aliphatic hydroxyl groups excluding tert-OH is 1. The predicted octanol–water partition coefficient (Wildman–Crippen LogP) is 4.96. The van der Waals surface area contributed by atoms with Gasteiger partial charge in [0, 0.05) is 24.8 Å². The van der Waals surface area contributed by atoms with Crippen LogP contribution in [-0.4, -0.2) is 59.4 Å². The molecule has 1 N–H and O–H groups in total. The van der Waals surface area contributed by atoms with Crippen LogP contribution in [0.3, 0.4) is 0 Å². The van der Waals surface area contributed by atoms with Crippen molar-refractivity contribution in [3.63, 3.8) is 0 Å². The van der Waals surface area contributed by atoms with Gasteiger partial charge in [-0.2, -0.15) is 0 Å². The second-order valence-electron chi connectivity index (χ2n) is 11.9. The Bertz CT molecular complexity index is 690. The summed E-state index contributed by atoms with van der Waals surface area (Å²) in [5, 5.41) is 10.0. The number of hydrogen-bond donors (Lipinski definition) is 1. The van der Waals surface area contributed by atoms with Gasteiger partial charge in [0.2, 0.25) is 0 Å². The van der Waals surface area contributed by atoms with Gasteiger partial charge >= 0.3 is 11.9 Å². The van der Waals surface area contributed by atoms with Gasteiger partial charge in [-0.1, -0.05) is 34.1 Å². The van der Waals surface area contributed by atoms with Gasteiger partial charge in [-0.25, -0.2) is 0 Å². The molecule has 0 spiro atoms. The van der Waals surface area contributed by atoms with Crippen LogP contribution in [0.1, 0.15) is 99.3 Å². The molecule has 0 bridgehead atoms. The van der Waals surface area contributed by atoms with Crippen LogP contribution < -0.4 is 0 Å². The van der Waals surface area contributed by atoms with E-state index in [1.165, 1.54) is 19.3 Å². The molecular weight excluding hydrogens is 430 g/mol.